The van der Waals surface area contributed by atoms with E-state index in [-0.39, 0.29) is 28.5 Å². The Morgan fingerprint density at radius 3 is 2.07 bits per heavy atom. The fraction of sp³-hybridized carbons (Fsp3) is 0.381. The predicted octanol–water partition coefficient (Wildman–Crippen LogP) is 4.38. The van der Waals surface area contributed by atoms with Crippen LogP contribution in [-0.2, 0) is 21.5 Å². The van der Waals surface area contributed by atoms with Crippen molar-refractivity contribution >= 4 is 16.0 Å². The molecule has 0 unspecified atom stereocenters. The summed E-state index contributed by atoms with van der Waals surface area (Å²) in [4.78, 5) is 14.1. The van der Waals surface area contributed by atoms with Gasteiger partial charge in [0.25, 0.3) is 0 Å². The molecule has 2 rings (SSSR count). The summed E-state index contributed by atoms with van der Waals surface area (Å²) in [7, 11) is -4.04. The molecule has 0 aromatic heterocycles. The number of carbonyl (C=O) groups is 1. The van der Waals surface area contributed by atoms with E-state index >= 15 is 0 Å². The van der Waals surface area contributed by atoms with Gasteiger partial charge in [-0.2, -0.15) is 8.42 Å². The first-order chi connectivity index (χ1) is 13.1. The van der Waals surface area contributed by atoms with Crippen molar-refractivity contribution in [3.63, 3.8) is 0 Å². The van der Waals surface area contributed by atoms with Crippen molar-refractivity contribution in [1.29, 1.82) is 0 Å². The number of benzene rings is 2. The summed E-state index contributed by atoms with van der Waals surface area (Å²) in [6, 6.07) is 11.0. The van der Waals surface area contributed by atoms with E-state index in [4.69, 9.17) is 4.18 Å². The lowest BCUT2D eigenvalue weighted by Crippen LogP contribution is -2.36. The minimum atomic E-state index is -4.04. The molecule has 152 valence electrons. The summed E-state index contributed by atoms with van der Waals surface area (Å²) in [6.07, 6.45) is 0.481. The van der Waals surface area contributed by atoms with E-state index in [0.29, 0.717) is 13.0 Å². The molecule has 0 bridgehead atoms. The third-order valence-corrected chi connectivity index (χ3v) is 5.37. The van der Waals surface area contributed by atoms with Crippen LogP contribution in [0.1, 0.15) is 39.7 Å². The zero-order valence-corrected chi connectivity index (χ0v) is 17.4. The molecule has 0 radical (unpaired) electrons. The quantitative estimate of drug-likeness (QED) is 0.610. The second-order valence-electron chi connectivity index (χ2n) is 7.35. The Morgan fingerprint density at radius 2 is 1.57 bits per heavy atom. The van der Waals surface area contributed by atoms with E-state index in [1.165, 1.54) is 0 Å². The molecule has 0 atom stereocenters. The molecular formula is C21H26FNO4S. The van der Waals surface area contributed by atoms with Crippen LogP contribution in [0.25, 0.3) is 0 Å². The van der Waals surface area contributed by atoms with Crippen molar-refractivity contribution in [3.8, 4) is 5.75 Å². The zero-order valence-electron chi connectivity index (χ0n) is 16.6. The van der Waals surface area contributed by atoms with Gasteiger partial charge in [-0.3, -0.25) is 4.79 Å². The van der Waals surface area contributed by atoms with E-state index < -0.39 is 15.9 Å². The van der Waals surface area contributed by atoms with Crippen LogP contribution < -0.4 is 4.18 Å². The minimum Gasteiger partial charge on any atom is -0.379 e. The standard InChI is InChI=1S/C21H26FNO4S/c1-15(2)13-21(24)23(16(3)4)14-17-5-9-19(10-6-17)27-28(25,26)20-11-7-18(22)8-12-20/h5-12,15-16H,13-14H2,1-4H3. The third-order valence-electron chi connectivity index (χ3n) is 4.11. The highest BCUT2D eigenvalue weighted by atomic mass is 32.2. The predicted molar refractivity (Wildman–Crippen MR) is 106 cm³/mol. The molecule has 7 heteroatoms. The average molecular weight is 408 g/mol. The van der Waals surface area contributed by atoms with Gasteiger partial charge in [-0.05, 0) is 61.7 Å². The van der Waals surface area contributed by atoms with Crippen LogP contribution in [0.15, 0.2) is 53.4 Å². The van der Waals surface area contributed by atoms with Crippen LogP contribution in [0.3, 0.4) is 0 Å². The molecule has 0 heterocycles. The molecule has 0 saturated carbocycles. The van der Waals surface area contributed by atoms with Gasteiger partial charge in [0.2, 0.25) is 5.91 Å². The van der Waals surface area contributed by atoms with Gasteiger partial charge in [-0.25, -0.2) is 4.39 Å². The van der Waals surface area contributed by atoms with E-state index in [9.17, 15) is 17.6 Å². The number of carbonyl (C=O) groups excluding carboxylic acids is 1. The maximum atomic E-state index is 13.0. The van der Waals surface area contributed by atoms with Crippen LogP contribution in [0, 0.1) is 11.7 Å². The van der Waals surface area contributed by atoms with Crippen LogP contribution >= 0.6 is 0 Å². The summed E-state index contributed by atoms with van der Waals surface area (Å²) < 4.78 is 42.6. The first-order valence-electron chi connectivity index (χ1n) is 9.17. The molecule has 5 nitrogen and oxygen atoms in total. The normalized spacial score (nSPS) is 11.7. The fourth-order valence-corrected chi connectivity index (χ4v) is 3.58. The van der Waals surface area contributed by atoms with Crippen molar-refractivity contribution in [2.24, 2.45) is 5.92 Å². The largest absolute Gasteiger partial charge is 0.379 e. The number of rotatable bonds is 8. The molecule has 0 saturated heterocycles. The van der Waals surface area contributed by atoms with Gasteiger partial charge in [-0.1, -0.05) is 26.0 Å². The Bertz CT molecular complexity index is 891. The van der Waals surface area contributed by atoms with Crippen molar-refractivity contribution in [2.45, 2.75) is 51.6 Å². The maximum Gasteiger partial charge on any atom is 0.339 e. The molecule has 0 aliphatic heterocycles. The Hall–Kier alpha value is -2.41. The van der Waals surface area contributed by atoms with Crippen LogP contribution in [0.5, 0.6) is 5.75 Å². The molecular weight excluding hydrogens is 381 g/mol. The first-order valence-corrected chi connectivity index (χ1v) is 10.6. The second kappa shape index (κ2) is 9.19. The highest BCUT2D eigenvalue weighted by Crippen LogP contribution is 2.21. The summed E-state index contributed by atoms with van der Waals surface area (Å²) in [5.41, 5.74) is 0.873. The first kappa shape index (κ1) is 21.9. The average Bonchev–Trinajstić information content (AvgIpc) is 2.60. The molecule has 2 aromatic carbocycles. The monoisotopic (exact) mass is 407 g/mol. The highest BCUT2D eigenvalue weighted by molar-refractivity contribution is 7.87. The summed E-state index contributed by atoms with van der Waals surface area (Å²) in [6.45, 7) is 8.37. The van der Waals surface area contributed by atoms with Crippen molar-refractivity contribution in [3.05, 3.63) is 59.9 Å². The molecule has 28 heavy (non-hydrogen) atoms. The maximum absolute atomic E-state index is 13.0. The minimum absolute atomic E-state index is 0.0565. The lowest BCUT2D eigenvalue weighted by molar-refractivity contribution is -0.134. The van der Waals surface area contributed by atoms with Crippen molar-refractivity contribution < 1.29 is 21.8 Å². The number of halogens is 1. The molecule has 1 amide bonds. The van der Waals surface area contributed by atoms with Gasteiger partial charge in [0.15, 0.2) is 0 Å². The van der Waals surface area contributed by atoms with Crippen LogP contribution in [-0.4, -0.2) is 25.3 Å². The van der Waals surface area contributed by atoms with Crippen molar-refractivity contribution in [2.75, 3.05) is 0 Å². The van der Waals surface area contributed by atoms with E-state index in [2.05, 4.69) is 0 Å². The van der Waals surface area contributed by atoms with E-state index in [1.807, 2.05) is 27.7 Å². The summed E-state index contributed by atoms with van der Waals surface area (Å²) in [5.74, 6) is -0.00638. The topological polar surface area (TPSA) is 63.7 Å². The SMILES string of the molecule is CC(C)CC(=O)N(Cc1ccc(OS(=O)(=O)c2ccc(F)cc2)cc1)C(C)C. The van der Waals surface area contributed by atoms with Crippen LogP contribution in [0.4, 0.5) is 4.39 Å². The lowest BCUT2D eigenvalue weighted by Gasteiger charge is -2.27. The smallest absolute Gasteiger partial charge is 0.339 e. The van der Waals surface area contributed by atoms with E-state index in [1.54, 1.807) is 29.2 Å². The van der Waals surface area contributed by atoms with Gasteiger partial charge < -0.3 is 9.08 Å². The Labute approximate surface area is 166 Å². The molecule has 0 N–H and O–H groups in total. The molecule has 0 aliphatic carbocycles. The Kier molecular flexibility index (Phi) is 7.18. The van der Waals surface area contributed by atoms with Gasteiger partial charge in [-0.15, -0.1) is 0 Å². The molecule has 2 aromatic rings. The Balaban J connectivity index is 2.10. The Morgan fingerprint density at radius 1 is 1.00 bits per heavy atom. The van der Waals surface area contributed by atoms with Gasteiger partial charge in [0.05, 0.1) is 0 Å². The lowest BCUT2D eigenvalue weighted by atomic mass is 10.1. The van der Waals surface area contributed by atoms with Gasteiger partial charge in [0.1, 0.15) is 16.5 Å². The second-order valence-corrected chi connectivity index (χ2v) is 8.90. The number of nitrogens with zero attached hydrogens (tertiary/aromatic N) is 1. The van der Waals surface area contributed by atoms with Gasteiger partial charge in [0, 0.05) is 19.0 Å². The number of hydrogen-bond acceptors (Lipinski definition) is 4. The fourth-order valence-electron chi connectivity index (χ4n) is 2.65. The molecule has 0 fully saturated rings. The molecule has 0 aliphatic rings. The summed E-state index contributed by atoms with van der Waals surface area (Å²) >= 11 is 0. The number of hydrogen-bond donors (Lipinski definition) is 0. The van der Waals surface area contributed by atoms with Gasteiger partial charge >= 0.3 is 10.1 Å². The van der Waals surface area contributed by atoms with E-state index in [0.717, 1.165) is 29.8 Å². The van der Waals surface area contributed by atoms with Crippen LogP contribution in [0.2, 0.25) is 0 Å². The molecule has 0 spiro atoms. The highest BCUT2D eigenvalue weighted by Gasteiger charge is 2.19. The summed E-state index contributed by atoms with van der Waals surface area (Å²) in [5, 5.41) is 0. The number of amides is 1. The zero-order chi connectivity index (χ0) is 20.9. The third kappa shape index (κ3) is 6.05. The van der Waals surface area contributed by atoms with Crippen molar-refractivity contribution in [1.82, 2.24) is 4.90 Å².